The second-order valence-corrected chi connectivity index (χ2v) is 3.96. The Morgan fingerprint density at radius 1 is 1.56 bits per heavy atom. The average Bonchev–Trinajstić information content (AvgIpc) is 2.79. The maximum atomic E-state index is 5.52. The van der Waals surface area contributed by atoms with Gasteiger partial charge >= 0.3 is 0 Å². The molecule has 0 aromatic carbocycles. The Labute approximate surface area is 99.0 Å². The van der Waals surface area contributed by atoms with E-state index in [2.05, 4.69) is 9.97 Å². The third-order valence-electron chi connectivity index (χ3n) is 2.33. The quantitative estimate of drug-likeness (QED) is 0.779. The SMILES string of the molecule is NC(=S)c1nccnc1OCC1CCCO1. The molecule has 2 rings (SSSR count). The lowest BCUT2D eigenvalue weighted by molar-refractivity contribution is 0.0661. The Morgan fingerprint density at radius 3 is 3.06 bits per heavy atom. The predicted octanol–water partition coefficient (Wildman–Crippen LogP) is 0.669. The second kappa shape index (κ2) is 5.18. The first kappa shape index (κ1) is 11.2. The molecule has 1 unspecified atom stereocenters. The predicted molar refractivity (Wildman–Crippen MR) is 62.4 cm³/mol. The molecule has 1 saturated heterocycles. The Hall–Kier alpha value is -1.27. The number of ether oxygens (including phenoxy) is 2. The van der Waals surface area contributed by atoms with Crippen molar-refractivity contribution in [3.05, 3.63) is 18.1 Å². The van der Waals surface area contributed by atoms with Gasteiger partial charge in [0.25, 0.3) is 0 Å². The summed E-state index contributed by atoms with van der Waals surface area (Å²) in [6, 6.07) is 0. The summed E-state index contributed by atoms with van der Waals surface area (Å²) in [5, 5.41) is 0. The van der Waals surface area contributed by atoms with Crippen LogP contribution >= 0.6 is 12.2 Å². The van der Waals surface area contributed by atoms with Crippen molar-refractivity contribution in [2.75, 3.05) is 13.2 Å². The van der Waals surface area contributed by atoms with E-state index in [0.717, 1.165) is 19.4 Å². The van der Waals surface area contributed by atoms with Crippen LogP contribution in [0.4, 0.5) is 0 Å². The average molecular weight is 239 g/mol. The zero-order valence-electron chi connectivity index (χ0n) is 8.76. The lowest BCUT2D eigenvalue weighted by atomic mass is 10.2. The molecule has 2 N–H and O–H groups in total. The van der Waals surface area contributed by atoms with Gasteiger partial charge < -0.3 is 15.2 Å². The van der Waals surface area contributed by atoms with Gasteiger partial charge in [-0.05, 0) is 12.8 Å². The Morgan fingerprint density at radius 2 is 2.38 bits per heavy atom. The van der Waals surface area contributed by atoms with Gasteiger partial charge in [0, 0.05) is 19.0 Å². The molecule has 0 radical (unpaired) electrons. The van der Waals surface area contributed by atoms with Crippen LogP contribution in [0.2, 0.25) is 0 Å². The molecule has 6 heteroatoms. The van der Waals surface area contributed by atoms with Gasteiger partial charge in [0.1, 0.15) is 11.6 Å². The second-order valence-electron chi connectivity index (χ2n) is 3.52. The van der Waals surface area contributed by atoms with Gasteiger partial charge in [-0.2, -0.15) is 0 Å². The number of thiocarbonyl (C=S) groups is 1. The molecule has 0 bridgehead atoms. The number of hydrogen-bond donors (Lipinski definition) is 1. The minimum Gasteiger partial charge on any atom is -0.473 e. The zero-order chi connectivity index (χ0) is 11.4. The number of hydrogen-bond acceptors (Lipinski definition) is 5. The first-order valence-electron chi connectivity index (χ1n) is 5.12. The summed E-state index contributed by atoms with van der Waals surface area (Å²) in [4.78, 5) is 8.27. The smallest absolute Gasteiger partial charge is 0.243 e. The minimum absolute atomic E-state index is 0.140. The molecule has 1 aromatic heterocycles. The van der Waals surface area contributed by atoms with Gasteiger partial charge in [-0.1, -0.05) is 12.2 Å². The highest BCUT2D eigenvalue weighted by Gasteiger charge is 2.17. The van der Waals surface area contributed by atoms with Crippen molar-refractivity contribution >= 4 is 17.2 Å². The van der Waals surface area contributed by atoms with E-state index >= 15 is 0 Å². The van der Waals surface area contributed by atoms with Crippen LogP contribution in [0.3, 0.4) is 0 Å². The normalized spacial score (nSPS) is 19.6. The minimum atomic E-state index is 0.140. The van der Waals surface area contributed by atoms with Gasteiger partial charge in [0.2, 0.25) is 5.88 Å². The van der Waals surface area contributed by atoms with Crippen LogP contribution in [0.15, 0.2) is 12.4 Å². The maximum absolute atomic E-state index is 5.52. The fourth-order valence-electron chi connectivity index (χ4n) is 1.55. The highest BCUT2D eigenvalue weighted by atomic mass is 32.1. The fourth-order valence-corrected chi connectivity index (χ4v) is 1.69. The Kier molecular flexibility index (Phi) is 3.63. The van der Waals surface area contributed by atoms with E-state index in [1.54, 1.807) is 6.20 Å². The molecule has 0 saturated carbocycles. The lowest BCUT2D eigenvalue weighted by Crippen LogP contribution is -2.20. The third kappa shape index (κ3) is 2.65. The molecule has 1 atom stereocenters. The summed E-state index contributed by atoms with van der Waals surface area (Å²) in [5.74, 6) is 0.380. The van der Waals surface area contributed by atoms with Crippen LogP contribution < -0.4 is 10.5 Å². The molecule has 1 aliphatic rings. The van der Waals surface area contributed by atoms with Crippen molar-refractivity contribution < 1.29 is 9.47 Å². The summed E-state index contributed by atoms with van der Waals surface area (Å²) >= 11 is 4.86. The molecule has 5 nitrogen and oxygen atoms in total. The van der Waals surface area contributed by atoms with E-state index in [9.17, 15) is 0 Å². The number of nitrogens with zero attached hydrogens (tertiary/aromatic N) is 2. The summed E-state index contributed by atoms with van der Waals surface area (Å²) < 4.78 is 11.0. The Bertz CT molecular complexity index is 380. The van der Waals surface area contributed by atoms with Gasteiger partial charge in [0.15, 0.2) is 5.69 Å². The van der Waals surface area contributed by atoms with Crippen LogP contribution in [0.5, 0.6) is 5.88 Å². The summed E-state index contributed by atoms with van der Waals surface area (Å²) in [6.45, 7) is 1.27. The molecular weight excluding hydrogens is 226 g/mol. The molecule has 2 heterocycles. The van der Waals surface area contributed by atoms with E-state index in [1.807, 2.05) is 0 Å². The standard InChI is InChI=1S/C10H13N3O2S/c11-9(16)8-10(13-4-3-12-8)15-6-7-2-1-5-14-7/h3-4,7H,1-2,5-6H2,(H2,11,16). The number of rotatable bonds is 4. The fraction of sp³-hybridized carbons (Fsp3) is 0.500. The number of aromatic nitrogens is 2. The van der Waals surface area contributed by atoms with Gasteiger partial charge in [-0.15, -0.1) is 0 Å². The largest absolute Gasteiger partial charge is 0.473 e. The first-order valence-corrected chi connectivity index (χ1v) is 5.53. The number of nitrogens with two attached hydrogens (primary N) is 1. The van der Waals surface area contributed by atoms with Gasteiger partial charge in [-0.25, -0.2) is 9.97 Å². The molecular formula is C10H13N3O2S. The van der Waals surface area contributed by atoms with E-state index in [-0.39, 0.29) is 11.1 Å². The van der Waals surface area contributed by atoms with E-state index in [1.165, 1.54) is 6.20 Å². The van der Waals surface area contributed by atoms with E-state index < -0.39 is 0 Å². The first-order chi connectivity index (χ1) is 7.77. The molecule has 1 aromatic rings. The summed E-state index contributed by atoms with van der Waals surface area (Å²) in [5.41, 5.74) is 5.94. The van der Waals surface area contributed by atoms with Crippen LogP contribution in [0, 0.1) is 0 Å². The highest BCUT2D eigenvalue weighted by Crippen LogP contribution is 2.16. The van der Waals surface area contributed by atoms with E-state index in [4.69, 9.17) is 27.4 Å². The van der Waals surface area contributed by atoms with Gasteiger partial charge in [-0.3, -0.25) is 0 Å². The lowest BCUT2D eigenvalue weighted by Gasteiger charge is -2.12. The van der Waals surface area contributed by atoms with Crippen molar-refractivity contribution in [3.63, 3.8) is 0 Å². The maximum Gasteiger partial charge on any atom is 0.243 e. The topological polar surface area (TPSA) is 70.3 Å². The molecule has 16 heavy (non-hydrogen) atoms. The van der Waals surface area contributed by atoms with Crippen molar-refractivity contribution in [1.29, 1.82) is 0 Å². The molecule has 1 aliphatic heterocycles. The van der Waals surface area contributed by atoms with Crippen molar-refractivity contribution in [3.8, 4) is 5.88 Å². The zero-order valence-corrected chi connectivity index (χ0v) is 9.57. The van der Waals surface area contributed by atoms with Crippen LogP contribution in [0.25, 0.3) is 0 Å². The highest BCUT2D eigenvalue weighted by molar-refractivity contribution is 7.80. The molecule has 0 aliphatic carbocycles. The Balaban J connectivity index is 2.00. The monoisotopic (exact) mass is 239 g/mol. The van der Waals surface area contributed by atoms with Crippen LogP contribution in [-0.2, 0) is 4.74 Å². The molecule has 1 fully saturated rings. The summed E-state index contributed by atoms with van der Waals surface area (Å²) in [7, 11) is 0. The van der Waals surface area contributed by atoms with Gasteiger partial charge in [0.05, 0.1) is 6.10 Å². The third-order valence-corrected chi connectivity index (χ3v) is 2.52. The molecule has 86 valence electrons. The van der Waals surface area contributed by atoms with Crippen molar-refractivity contribution in [2.24, 2.45) is 5.73 Å². The van der Waals surface area contributed by atoms with Crippen LogP contribution in [-0.4, -0.2) is 34.3 Å². The van der Waals surface area contributed by atoms with Crippen molar-refractivity contribution in [2.45, 2.75) is 18.9 Å². The molecule has 0 spiro atoms. The van der Waals surface area contributed by atoms with Crippen LogP contribution in [0.1, 0.15) is 18.5 Å². The van der Waals surface area contributed by atoms with Crippen molar-refractivity contribution in [1.82, 2.24) is 9.97 Å². The molecule has 0 amide bonds. The summed E-state index contributed by atoms with van der Waals surface area (Å²) in [6.07, 6.45) is 5.32. The van der Waals surface area contributed by atoms with E-state index in [0.29, 0.717) is 18.2 Å².